The molecule has 1 amide bonds. The third kappa shape index (κ3) is 7.04. The lowest BCUT2D eigenvalue weighted by Crippen LogP contribution is -2.53. The second kappa shape index (κ2) is 15.8. The van der Waals surface area contributed by atoms with Gasteiger partial charge >= 0.3 is 0 Å². The molecule has 5 saturated carbocycles. The minimum absolute atomic E-state index is 0.0649. The maximum Gasteiger partial charge on any atom is 0.231 e. The second-order valence-electron chi connectivity index (χ2n) is 17.1. The lowest BCUT2D eigenvalue weighted by Gasteiger charge is -2.42. The lowest BCUT2D eigenvalue weighted by atomic mass is 9.74. The van der Waals surface area contributed by atoms with Gasteiger partial charge in [-0.15, -0.1) is 0 Å². The highest BCUT2D eigenvalue weighted by Crippen LogP contribution is 2.57. The number of carbonyl (C=O) groups excluding carboxylic acids is 1. The zero-order valence-electron chi connectivity index (χ0n) is 30.2. The fourth-order valence-corrected chi connectivity index (χ4v) is 15.7. The monoisotopic (exact) mass is 684 g/mol. The van der Waals surface area contributed by atoms with Gasteiger partial charge in [0, 0.05) is 16.9 Å². The number of amides is 1. The van der Waals surface area contributed by atoms with Gasteiger partial charge in [0.1, 0.15) is 11.7 Å². The van der Waals surface area contributed by atoms with Crippen molar-refractivity contribution in [3.8, 4) is 0 Å². The van der Waals surface area contributed by atoms with Crippen LogP contribution < -0.4 is 5.30 Å². The van der Waals surface area contributed by atoms with Gasteiger partial charge in [0.05, 0.1) is 12.1 Å². The average molecular weight is 685 g/mol. The van der Waals surface area contributed by atoms with E-state index in [2.05, 4.69) is 23.1 Å². The number of rotatable bonds is 7. The highest BCUT2D eigenvalue weighted by molar-refractivity contribution is 7.67. The van der Waals surface area contributed by atoms with E-state index in [1.165, 1.54) is 140 Å². The largest absolute Gasteiger partial charge is 0.291 e. The molecule has 5 aliphatic carbocycles. The topological polar surface area (TPSA) is 32.7 Å². The molecule has 0 unspecified atom stereocenters. The Labute approximate surface area is 297 Å². The summed E-state index contributed by atoms with van der Waals surface area (Å²) in [6.45, 7) is 0. The first-order chi connectivity index (χ1) is 24.2. The van der Waals surface area contributed by atoms with Gasteiger partial charge in [0.2, 0.25) is 5.91 Å². The van der Waals surface area contributed by atoms with Gasteiger partial charge in [-0.1, -0.05) is 122 Å². The first kappa shape index (κ1) is 34.3. The van der Waals surface area contributed by atoms with Crippen molar-refractivity contribution >= 4 is 35.7 Å². The quantitative estimate of drug-likeness (QED) is 0.267. The van der Waals surface area contributed by atoms with Gasteiger partial charge in [0.15, 0.2) is 0 Å². The highest BCUT2D eigenvalue weighted by atomic mass is 31.1. The van der Waals surface area contributed by atoms with E-state index >= 15 is 9.18 Å². The van der Waals surface area contributed by atoms with Crippen molar-refractivity contribution in [1.29, 1.82) is 0 Å². The molecule has 0 N–H and O–H groups in total. The van der Waals surface area contributed by atoms with Gasteiger partial charge in [-0.2, -0.15) is 0 Å². The van der Waals surface area contributed by atoms with Crippen LogP contribution >= 0.6 is 7.92 Å². The second-order valence-corrected chi connectivity index (χ2v) is 19.8. The number of aliphatic imine (C=N–C) groups is 1. The predicted molar refractivity (Wildman–Crippen MR) is 205 cm³/mol. The average Bonchev–Trinajstić information content (AvgIpc) is 3.57. The van der Waals surface area contributed by atoms with Crippen molar-refractivity contribution in [2.24, 2.45) is 22.7 Å². The van der Waals surface area contributed by atoms with E-state index in [0.29, 0.717) is 29.1 Å². The maximum atomic E-state index is 16.6. The summed E-state index contributed by atoms with van der Waals surface area (Å²) in [5, 5.41) is 3.20. The molecule has 0 aromatic heterocycles. The number of hydrogen-bond acceptors (Lipinski definition) is 2. The number of amidine groups is 1. The summed E-state index contributed by atoms with van der Waals surface area (Å²) < 4.78 is 16.6. The van der Waals surface area contributed by atoms with E-state index in [1.54, 1.807) is 6.07 Å². The summed E-state index contributed by atoms with van der Waals surface area (Å²) in [5.74, 6) is 2.46. The van der Waals surface area contributed by atoms with E-state index in [1.807, 2.05) is 6.07 Å². The van der Waals surface area contributed by atoms with Gasteiger partial charge in [0.25, 0.3) is 0 Å². The number of carbonyl (C=O) groups is 1. The van der Waals surface area contributed by atoms with E-state index in [-0.39, 0.29) is 23.8 Å². The van der Waals surface area contributed by atoms with Gasteiger partial charge in [-0.3, -0.25) is 14.7 Å². The van der Waals surface area contributed by atoms with E-state index in [4.69, 9.17) is 4.99 Å². The minimum atomic E-state index is -0.614. The number of fused-ring (bicyclic) bond motifs is 1. The van der Waals surface area contributed by atoms with Crippen LogP contribution in [0.25, 0.3) is 10.8 Å². The minimum Gasteiger partial charge on any atom is -0.291 e. The summed E-state index contributed by atoms with van der Waals surface area (Å²) >= 11 is 0. The van der Waals surface area contributed by atoms with Crippen LogP contribution in [0.5, 0.6) is 0 Å². The van der Waals surface area contributed by atoms with Crippen LogP contribution in [0.3, 0.4) is 0 Å². The first-order valence-corrected chi connectivity index (χ1v) is 22.6. The maximum absolute atomic E-state index is 16.6. The van der Waals surface area contributed by atoms with Crippen molar-refractivity contribution < 1.29 is 9.18 Å². The molecule has 5 fully saturated rings. The van der Waals surface area contributed by atoms with Crippen molar-refractivity contribution in [3.63, 3.8) is 0 Å². The number of halogens is 1. The van der Waals surface area contributed by atoms with Crippen LogP contribution in [0.2, 0.25) is 0 Å². The molecule has 1 aliphatic heterocycles. The van der Waals surface area contributed by atoms with Crippen molar-refractivity contribution in [3.05, 3.63) is 41.7 Å². The van der Waals surface area contributed by atoms with Crippen molar-refractivity contribution in [1.82, 2.24) is 4.90 Å². The van der Waals surface area contributed by atoms with Crippen LogP contribution in [0.4, 0.5) is 4.39 Å². The van der Waals surface area contributed by atoms with Gasteiger partial charge < -0.3 is 0 Å². The summed E-state index contributed by atoms with van der Waals surface area (Å²) in [4.78, 5) is 23.5. The summed E-state index contributed by atoms with van der Waals surface area (Å²) in [7, 11) is -0.614. The molecule has 2 atom stereocenters. The Bertz CT molecular complexity index is 1440. The fraction of sp³-hybridized carbons (Fsp3) is 0.727. The molecule has 5 heteroatoms. The summed E-state index contributed by atoms with van der Waals surface area (Å²) in [6.07, 6.45) is 31.3. The fourth-order valence-electron chi connectivity index (χ4n) is 11.5. The first-order valence-electron chi connectivity index (χ1n) is 21.1. The zero-order chi connectivity index (χ0) is 33.2. The van der Waals surface area contributed by atoms with Crippen LogP contribution in [0, 0.1) is 23.6 Å². The Morgan fingerprint density at radius 3 is 1.76 bits per heavy atom. The SMILES string of the molecule is O=C(C1CCCCC1)N1C(c2ccc3cccc(F)c3c2P(C2CCCCC2)C2CCCCC2)=N[C@@H](C2CCCCC2)[C@@H]1C1CCCCC1. The summed E-state index contributed by atoms with van der Waals surface area (Å²) in [5.41, 5.74) is 2.44. The zero-order valence-corrected chi connectivity index (χ0v) is 31.1. The number of nitrogens with zero attached hydrogens (tertiary/aromatic N) is 2. The molecular weight excluding hydrogens is 622 g/mol. The van der Waals surface area contributed by atoms with Crippen LogP contribution in [0.1, 0.15) is 166 Å². The van der Waals surface area contributed by atoms with Crippen LogP contribution in [0.15, 0.2) is 35.3 Å². The van der Waals surface area contributed by atoms with E-state index < -0.39 is 7.92 Å². The molecule has 49 heavy (non-hydrogen) atoms. The van der Waals surface area contributed by atoms with Crippen molar-refractivity contribution in [2.75, 3.05) is 0 Å². The number of benzene rings is 2. The standard InChI is InChI=1S/C44H62FN2OP/c45-38-28-16-23-31-29-30-37(42(39(31)38)49(35-24-12-4-13-25-35)36-26-14-5-15-27-36)43-46-40(32-17-6-1-7-18-32)41(33-19-8-2-9-20-33)47(43)44(48)34-21-10-3-11-22-34/h16,23,28-30,32-36,40-41H,1-15,17-22,24-27H2/t40-,41-/m0/s1. The Balaban J connectivity index is 1.33. The Kier molecular flexibility index (Phi) is 11.1. The summed E-state index contributed by atoms with van der Waals surface area (Å²) in [6, 6.07) is 10.6. The molecule has 8 rings (SSSR count). The Morgan fingerprint density at radius 1 is 0.633 bits per heavy atom. The molecule has 0 saturated heterocycles. The third-order valence-electron chi connectivity index (χ3n) is 14.0. The predicted octanol–water partition coefficient (Wildman–Crippen LogP) is 11.8. The highest BCUT2D eigenvalue weighted by Gasteiger charge is 2.50. The van der Waals surface area contributed by atoms with Gasteiger partial charge in [-0.25, -0.2) is 4.39 Å². The number of hydrogen-bond donors (Lipinski definition) is 0. The van der Waals surface area contributed by atoms with E-state index in [9.17, 15) is 0 Å². The molecule has 0 spiro atoms. The Hall–Kier alpha value is -1.80. The smallest absolute Gasteiger partial charge is 0.231 e. The van der Waals surface area contributed by atoms with E-state index in [0.717, 1.165) is 47.9 Å². The molecule has 2 aromatic carbocycles. The molecule has 1 heterocycles. The molecule has 266 valence electrons. The van der Waals surface area contributed by atoms with Crippen molar-refractivity contribution in [2.45, 2.75) is 184 Å². The molecular formula is C44H62FN2OP. The molecule has 6 aliphatic rings. The molecule has 3 nitrogen and oxygen atoms in total. The van der Waals surface area contributed by atoms with Crippen LogP contribution in [-0.2, 0) is 4.79 Å². The third-order valence-corrected chi connectivity index (χ3v) is 17.6. The Morgan fingerprint density at radius 2 is 1.16 bits per heavy atom. The molecule has 0 radical (unpaired) electrons. The molecule has 2 aromatic rings. The molecule has 0 bridgehead atoms. The van der Waals surface area contributed by atoms with Gasteiger partial charge in [-0.05, 0) is 110 Å². The normalized spacial score (nSPS) is 27.6. The lowest BCUT2D eigenvalue weighted by molar-refractivity contribution is -0.135. The van der Waals surface area contributed by atoms with Crippen LogP contribution in [-0.4, -0.2) is 40.0 Å².